The standard InChI is InChI=1S/C14H20N2O2/c1-9(2)8-13(15)14(18)16-12-6-4-11(5-7-12)10(3)17/h4-7,9,13H,8,15H2,1-3H3,(H,16,18)/t13-/m1/s1. The minimum absolute atomic E-state index is 0.00406. The van der Waals surface area contributed by atoms with E-state index in [9.17, 15) is 9.59 Å². The Hall–Kier alpha value is -1.68. The first-order chi connectivity index (χ1) is 8.40. The topological polar surface area (TPSA) is 72.2 Å². The molecule has 0 fully saturated rings. The van der Waals surface area contributed by atoms with Crippen molar-refractivity contribution in [1.82, 2.24) is 0 Å². The van der Waals surface area contributed by atoms with Crippen LogP contribution in [0.5, 0.6) is 0 Å². The average Bonchev–Trinajstić information content (AvgIpc) is 2.28. The molecule has 0 aliphatic heterocycles. The van der Waals surface area contributed by atoms with E-state index < -0.39 is 6.04 Å². The molecule has 1 aromatic rings. The van der Waals surface area contributed by atoms with Gasteiger partial charge >= 0.3 is 0 Å². The fraction of sp³-hybridized carbons (Fsp3) is 0.429. The van der Waals surface area contributed by atoms with Gasteiger partial charge in [0.15, 0.2) is 5.78 Å². The van der Waals surface area contributed by atoms with Gasteiger partial charge in [-0.2, -0.15) is 0 Å². The molecule has 0 aromatic heterocycles. The van der Waals surface area contributed by atoms with Crippen molar-refractivity contribution >= 4 is 17.4 Å². The lowest BCUT2D eigenvalue weighted by Crippen LogP contribution is -2.36. The van der Waals surface area contributed by atoms with Gasteiger partial charge in [0.2, 0.25) is 5.91 Å². The van der Waals surface area contributed by atoms with E-state index in [1.165, 1.54) is 6.92 Å². The first-order valence-corrected chi connectivity index (χ1v) is 6.07. The predicted octanol–water partition coefficient (Wildman–Crippen LogP) is 2.20. The van der Waals surface area contributed by atoms with Crippen LogP contribution in [-0.2, 0) is 4.79 Å². The fourth-order valence-electron chi connectivity index (χ4n) is 1.64. The summed E-state index contributed by atoms with van der Waals surface area (Å²) < 4.78 is 0. The fourth-order valence-corrected chi connectivity index (χ4v) is 1.64. The van der Waals surface area contributed by atoms with Crippen molar-refractivity contribution in [3.8, 4) is 0 Å². The molecule has 1 rings (SSSR count). The Kier molecular flexibility index (Phi) is 5.04. The van der Waals surface area contributed by atoms with E-state index >= 15 is 0 Å². The summed E-state index contributed by atoms with van der Waals surface area (Å²) in [5, 5.41) is 2.74. The van der Waals surface area contributed by atoms with Gasteiger partial charge in [0.25, 0.3) is 0 Å². The first kappa shape index (κ1) is 14.4. The molecule has 0 aliphatic carbocycles. The largest absolute Gasteiger partial charge is 0.325 e. The predicted molar refractivity (Wildman–Crippen MR) is 72.5 cm³/mol. The lowest BCUT2D eigenvalue weighted by atomic mass is 10.0. The molecule has 1 atom stereocenters. The summed E-state index contributed by atoms with van der Waals surface area (Å²) in [6, 6.07) is 6.28. The number of nitrogens with one attached hydrogen (secondary N) is 1. The molecule has 1 aromatic carbocycles. The molecule has 0 aliphatic rings. The SMILES string of the molecule is CC(=O)c1ccc(NC(=O)[C@H](N)CC(C)C)cc1. The number of carbonyl (C=O) groups is 2. The molecule has 98 valence electrons. The van der Waals surface area contributed by atoms with Crippen LogP contribution in [0.3, 0.4) is 0 Å². The van der Waals surface area contributed by atoms with Crippen LogP contribution < -0.4 is 11.1 Å². The number of hydrogen-bond donors (Lipinski definition) is 2. The second-order valence-electron chi connectivity index (χ2n) is 4.86. The molecular weight excluding hydrogens is 228 g/mol. The van der Waals surface area contributed by atoms with E-state index in [-0.39, 0.29) is 11.7 Å². The molecule has 0 heterocycles. The summed E-state index contributed by atoms with van der Waals surface area (Å²) in [5.74, 6) is 0.189. The molecule has 3 N–H and O–H groups in total. The summed E-state index contributed by atoms with van der Waals surface area (Å²) in [4.78, 5) is 22.9. The maximum atomic E-state index is 11.8. The van der Waals surface area contributed by atoms with E-state index in [4.69, 9.17) is 5.73 Å². The molecule has 4 nitrogen and oxygen atoms in total. The van der Waals surface area contributed by atoms with Gasteiger partial charge in [0.05, 0.1) is 6.04 Å². The molecule has 0 saturated heterocycles. The number of hydrogen-bond acceptors (Lipinski definition) is 3. The summed E-state index contributed by atoms with van der Waals surface area (Å²) in [7, 11) is 0. The van der Waals surface area contributed by atoms with Gasteiger partial charge < -0.3 is 11.1 Å². The highest BCUT2D eigenvalue weighted by Gasteiger charge is 2.14. The van der Waals surface area contributed by atoms with E-state index in [2.05, 4.69) is 5.32 Å². The van der Waals surface area contributed by atoms with E-state index in [0.29, 0.717) is 23.6 Å². The second-order valence-corrected chi connectivity index (χ2v) is 4.86. The number of anilines is 1. The van der Waals surface area contributed by atoms with Crippen LogP contribution in [0.25, 0.3) is 0 Å². The Morgan fingerprint density at radius 1 is 1.22 bits per heavy atom. The Morgan fingerprint density at radius 3 is 2.22 bits per heavy atom. The third-order valence-corrected chi connectivity index (χ3v) is 2.62. The number of Topliss-reactive ketones (excluding diaryl/α,β-unsaturated/α-hetero) is 1. The summed E-state index contributed by atoms with van der Waals surface area (Å²) in [6.45, 7) is 5.55. The molecular formula is C14H20N2O2. The Balaban J connectivity index is 2.62. The van der Waals surface area contributed by atoms with Crippen LogP contribution in [0, 0.1) is 5.92 Å². The van der Waals surface area contributed by atoms with Crippen molar-refractivity contribution in [1.29, 1.82) is 0 Å². The highest BCUT2D eigenvalue weighted by molar-refractivity contribution is 5.97. The highest BCUT2D eigenvalue weighted by Crippen LogP contribution is 2.11. The maximum Gasteiger partial charge on any atom is 0.241 e. The molecule has 0 radical (unpaired) electrons. The van der Waals surface area contributed by atoms with Crippen LogP contribution in [0.1, 0.15) is 37.6 Å². The van der Waals surface area contributed by atoms with Gasteiger partial charge in [-0.15, -0.1) is 0 Å². The lowest BCUT2D eigenvalue weighted by molar-refractivity contribution is -0.117. The monoisotopic (exact) mass is 248 g/mol. The molecule has 1 amide bonds. The average molecular weight is 248 g/mol. The number of rotatable bonds is 5. The van der Waals surface area contributed by atoms with Crippen LogP contribution in [0.15, 0.2) is 24.3 Å². The first-order valence-electron chi connectivity index (χ1n) is 6.07. The number of amides is 1. The van der Waals surface area contributed by atoms with Gasteiger partial charge in [-0.1, -0.05) is 13.8 Å². The van der Waals surface area contributed by atoms with E-state index in [0.717, 1.165) is 0 Å². The number of benzene rings is 1. The van der Waals surface area contributed by atoms with Crippen LogP contribution in [0.2, 0.25) is 0 Å². The van der Waals surface area contributed by atoms with Gasteiger partial charge in [-0.05, 0) is 43.5 Å². The Morgan fingerprint density at radius 2 is 1.78 bits per heavy atom. The number of nitrogens with two attached hydrogens (primary N) is 1. The molecule has 0 spiro atoms. The normalized spacial score (nSPS) is 12.3. The minimum atomic E-state index is -0.502. The minimum Gasteiger partial charge on any atom is -0.325 e. The van der Waals surface area contributed by atoms with Crippen LogP contribution in [0.4, 0.5) is 5.69 Å². The summed E-state index contributed by atoms with van der Waals surface area (Å²) >= 11 is 0. The molecule has 0 unspecified atom stereocenters. The van der Waals surface area contributed by atoms with Gasteiger partial charge in [0, 0.05) is 11.3 Å². The third-order valence-electron chi connectivity index (χ3n) is 2.62. The zero-order valence-corrected chi connectivity index (χ0v) is 11.1. The van der Waals surface area contributed by atoms with Gasteiger partial charge in [0.1, 0.15) is 0 Å². The zero-order valence-electron chi connectivity index (χ0n) is 11.1. The molecule has 0 bridgehead atoms. The number of ketones is 1. The molecule has 0 saturated carbocycles. The van der Waals surface area contributed by atoms with Crippen LogP contribution in [-0.4, -0.2) is 17.7 Å². The third kappa shape index (κ3) is 4.30. The van der Waals surface area contributed by atoms with Gasteiger partial charge in [-0.3, -0.25) is 9.59 Å². The van der Waals surface area contributed by atoms with E-state index in [1.54, 1.807) is 24.3 Å². The maximum absolute atomic E-state index is 11.8. The second kappa shape index (κ2) is 6.31. The summed E-state index contributed by atoms with van der Waals surface area (Å²) in [5.41, 5.74) is 7.06. The van der Waals surface area contributed by atoms with Crippen LogP contribution >= 0.6 is 0 Å². The van der Waals surface area contributed by atoms with Crippen molar-refractivity contribution in [3.63, 3.8) is 0 Å². The van der Waals surface area contributed by atoms with Gasteiger partial charge in [-0.25, -0.2) is 0 Å². The lowest BCUT2D eigenvalue weighted by Gasteiger charge is -2.14. The van der Waals surface area contributed by atoms with Crippen molar-refractivity contribution in [2.24, 2.45) is 11.7 Å². The Bertz CT molecular complexity index is 424. The Labute approximate surface area is 108 Å². The van der Waals surface area contributed by atoms with Crippen molar-refractivity contribution in [2.75, 3.05) is 5.32 Å². The van der Waals surface area contributed by atoms with Crippen molar-refractivity contribution < 1.29 is 9.59 Å². The number of carbonyl (C=O) groups excluding carboxylic acids is 2. The quantitative estimate of drug-likeness (QED) is 0.785. The smallest absolute Gasteiger partial charge is 0.241 e. The molecule has 18 heavy (non-hydrogen) atoms. The summed E-state index contributed by atoms with van der Waals surface area (Å²) in [6.07, 6.45) is 0.650. The van der Waals surface area contributed by atoms with E-state index in [1.807, 2.05) is 13.8 Å². The zero-order chi connectivity index (χ0) is 13.7. The highest BCUT2D eigenvalue weighted by atomic mass is 16.2. The van der Waals surface area contributed by atoms with Crippen molar-refractivity contribution in [3.05, 3.63) is 29.8 Å². The molecule has 4 heteroatoms. The van der Waals surface area contributed by atoms with Crippen molar-refractivity contribution in [2.45, 2.75) is 33.2 Å².